The van der Waals surface area contributed by atoms with E-state index in [9.17, 15) is 9.18 Å². The summed E-state index contributed by atoms with van der Waals surface area (Å²) in [4.78, 5) is 11.7. The SMILES string of the molecule is CSCC(CCO)NC(=O)Nc1ccc(F)cc1. The normalized spacial score (nSPS) is 11.9. The summed E-state index contributed by atoms with van der Waals surface area (Å²) in [6, 6.07) is 5.11. The minimum absolute atomic E-state index is 0.0298. The Bertz CT molecular complexity index is 367. The number of hydrogen-bond donors (Lipinski definition) is 3. The van der Waals surface area contributed by atoms with Crippen LogP contribution in [0.15, 0.2) is 24.3 Å². The third-order valence-corrected chi connectivity index (χ3v) is 3.02. The second kappa shape index (κ2) is 7.94. The summed E-state index contributed by atoms with van der Waals surface area (Å²) in [5.74, 6) is 0.388. The van der Waals surface area contributed by atoms with Crippen molar-refractivity contribution in [2.24, 2.45) is 0 Å². The highest BCUT2D eigenvalue weighted by Crippen LogP contribution is 2.08. The first-order valence-electron chi connectivity index (χ1n) is 5.58. The van der Waals surface area contributed by atoms with Crippen LogP contribution in [0.1, 0.15) is 6.42 Å². The summed E-state index contributed by atoms with van der Waals surface area (Å²) in [5.41, 5.74) is 0.529. The van der Waals surface area contributed by atoms with Crippen LogP contribution in [0.3, 0.4) is 0 Å². The molecule has 100 valence electrons. The van der Waals surface area contributed by atoms with Crippen LogP contribution in [-0.4, -0.2) is 35.8 Å². The lowest BCUT2D eigenvalue weighted by Crippen LogP contribution is -2.40. The van der Waals surface area contributed by atoms with Crippen molar-refractivity contribution in [3.8, 4) is 0 Å². The maximum absolute atomic E-state index is 12.7. The third kappa shape index (κ3) is 5.37. The van der Waals surface area contributed by atoms with Gasteiger partial charge in [0.05, 0.1) is 0 Å². The summed E-state index contributed by atoms with van der Waals surface area (Å²) in [6.07, 6.45) is 2.45. The van der Waals surface area contributed by atoms with E-state index in [4.69, 9.17) is 5.11 Å². The number of urea groups is 1. The molecule has 0 aromatic heterocycles. The van der Waals surface area contributed by atoms with Crippen molar-refractivity contribution >= 4 is 23.5 Å². The summed E-state index contributed by atoms with van der Waals surface area (Å²) < 4.78 is 12.7. The number of amides is 2. The molecule has 1 aromatic rings. The molecule has 0 aliphatic rings. The van der Waals surface area contributed by atoms with E-state index in [1.807, 2.05) is 6.26 Å². The Morgan fingerprint density at radius 3 is 2.67 bits per heavy atom. The molecule has 0 radical (unpaired) electrons. The quantitative estimate of drug-likeness (QED) is 0.743. The van der Waals surface area contributed by atoms with Crippen LogP contribution in [0, 0.1) is 5.82 Å². The molecule has 0 fully saturated rings. The Balaban J connectivity index is 2.46. The van der Waals surface area contributed by atoms with Gasteiger partial charge in [0.2, 0.25) is 0 Å². The molecule has 6 heteroatoms. The predicted molar refractivity (Wildman–Crippen MR) is 72.4 cm³/mol. The number of thioether (sulfide) groups is 1. The van der Waals surface area contributed by atoms with E-state index in [-0.39, 0.29) is 24.5 Å². The van der Waals surface area contributed by atoms with Crippen molar-refractivity contribution in [1.29, 1.82) is 0 Å². The molecule has 0 aliphatic carbocycles. The fourth-order valence-corrected chi connectivity index (χ4v) is 2.09. The molecule has 0 heterocycles. The smallest absolute Gasteiger partial charge is 0.319 e. The van der Waals surface area contributed by atoms with Gasteiger partial charge in [-0.1, -0.05) is 0 Å². The zero-order valence-corrected chi connectivity index (χ0v) is 11.0. The van der Waals surface area contributed by atoms with Crippen LogP contribution < -0.4 is 10.6 Å². The van der Waals surface area contributed by atoms with Gasteiger partial charge in [-0.3, -0.25) is 0 Å². The van der Waals surface area contributed by atoms with Crippen molar-refractivity contribution in [3.63, 3.8) is 0 Å². The lowest BCUT2D eigenvalue weighted by Gasteiger charge is -2.17. The molecule has 2 amide bonds. The highest BCUT2D eigenvalue weighted by atomic mass is 32.2. The molecule has 0 aliphatic heterocycles. The van der Waals surface area contributed by atoms with Crippen molar-refractivity contribution in [1.82, 2.24) is 5.32 Å². The van der Waals surface area contributed by atoms with Gasteiger partial charge in [0.15, 0.2) is 0 Å². The number of rotatable bonds is 6. The summed E-state index contributed by atoms with van der Waals surface area (Å²) >= 11 is 1.60. The van der Waals surface area contributed by atoms with Crippen LogP contribution >= 0.6 is 11.8 Å². The second-order valence-electron chi connectivity index (χ2n) is 3.77. The van der Waals surface area contributed by atoms with Crippen LogP contribution in [-0.2, 0) is 0 Å². The number of hydrogen-bond acceptors (Lipinski definition) is 3. The fourth-order valence-electron chi connectivity index (χ4n) is 1.44. The minimum atomic E-state index is -0.353. The average molecular weight is 272 g/mol. The van der Waals surface area contributed by atoms with Gasteiger partial charge >= 0.3 is 6.03 Å². The number of carbonyl (C=O) groups excluding carboxylic acids is 1. The first kappa shape index (κ1) is 14.8. The van der Waals surface area contributed by atoms with Crippen LogP contribution in [0.25, 0.3) is 0 Å². The molecule has 3 N–H and O–H groups in total. The van der Waals surface area contributed by atoms with Gasteiger partial charge in [0, 0.05) is 24.1 Å². The number of halogens is 1. The number of aliphatic hydroxyl groups excluding tert-OH is 1. The van der Waals surface area contributed by atoms with E-state index in [1.54, 1.807) is 11.8 Å². The molecule has 4 nitrogen and oxygen atoms in total. The van der Waals surface area contributed by atoms with Crippen molar-refractivity contribution < 1.29 is 14.3 Å². The standard InChI is InChI=1S/C12H17FN2O2S/c1-18-8-11(6-7-16)15-12(17)14-10-4-2-9(13)3-5-10/h2-5,11,16H,6-8H2,1H3,(H2,14,15,17). The van der Waals surface area contributed by atoms with Gasteiger partial charge in [-0.05, 0) is 36.9 Å². The average Bonchev–Trinajstić information content (AvgIpc) is 2.33. The maximum Gasteiger partial charge on any atom is 0.319 e. The number of aliphatic hydroxyl groups is 1. The monoisotopic (exact) mass is 272 g/mol. The lowest BCUT2D eigenvalue weighted by atomic mass is 10.2. The third-order valence-electron chi connectivity index (χ3n) is 2.28. The van der Waals surface area contributed by atoms with E-state index in [0.717, 1.165) is 5.75 Å². The lowest BCUT2D eigenvalue weighted by molar-refractivity contribution is 0.241. The van der Waals surface area contributed by atoms with Crippen LogP contribution in [0.5, 0.6) is 0 Å². The molecule has 1 unspecified atom stereocenters. The van der Waals surface area contributed by atoms with Crippen molar-refractivity contribution in [3.05, 3.63) is 30.1 Å². The summed E-state index contributed by atoms with van der Waals surface area (Å²) in [6.45, 7) is 0.0298. The topological polar surface area (TPSA) is 61.4 Å². The van der Waals surface area contributed by atoms with Gasteiger partial charge in [-0.15, -0.1) is 0 Å². The molecule has 1 rings (SSSR count). The van der Waals surface area contributed by atoms with E-state index in [0.29, 0.717) is 12.1 Å². The maximum atomic E-state index is 12.7. The highest BCUT2D eigenvalue weighted by Gasteiger charge is 2.11. The largest absolute Gasteiger partial charge is 0.396 e. The number of carbonyl (C=O) groups is 1. The van der Waals surface area contributed by atoms with Gasteiger partial charge in [-0.25, -0.2) is 9.18 Å². The first-order valence-corrected chi connectivity index (χ1v) is 6.98. The van der Waals surface area contributed by atoms with Crippen molar-refractivity contribution in [2.45, 2.75) is 12.5 Å². The Morgan fingerprint density at radius 2 is 2.11 bits per heavy atom. The second-order valence-corrected chi connectivity index (χ2v) is 4.68. The number of benzene rings is 1. The first-order chi connectivity index (χ1) is 8.65. The summed E-state index contributed by atoms with van der Waals surface area (Å²) in [5, 5.41) is 14.2. The van der Waals surface area contributed by atoms with Gasteiger partial charge in [0.25, 0.3) is 0 Å². The molecule has 0 bridgehead atoms. The van der Waals surface area contributed by atoms with Crippen LogP contribution in [0.4, 0.5) is 14.9 Å². The zero-order chi connectivity index (χ0) is 13.4. The van der Waals surface area contributed by atoms with Gasteiger partial charge < -0.3 is 15.7 Å². The highest BCUT2D eigenvalue weighted by molar-refractivity contribution is 7.98. The van der Waals surface area contributed by atoms with Crippen molar-refractivity contribution in [2.75, 3.05) is 23.9 Å². The molecule has 1 atom stereocenters. The molecule has 1 aromatic carbocycles. The molecular weight excluding hydrogens is 255 g/mol. The minimum Gasteiger partial charge on any atom is -0.396 e. The Labute approximate surface area is 110 Å². The van der Waals surface area contributed by atoms with Gasteiger partial charge in [0.1, 0.15) is 5.82 Å². The molecule has 18 heavy (non-hydrogen) atoms. The molecule has 0 spiro atoms. The zero-order valence-electron chi connectivity index (χ0n) is 10.1. The molecule has 0 saturated heterocycles. The Morgan fingerprint density at radius 1 is 1.44 bits per heavy atom. The molecular formula is C12H17FN2O2S. The predicted octanol–water partition coefficient (Wildman–Crippen LogP) is 2.06. The molecule has 0 saturated carbocycles. The fraction of sp³-hybridized carbons (Fsp3) is 0.417. The van der Waals surface area contributed by atoms with Gasteiger partial charge in [-0.2, -0.15) is 11.8 Å². The van der Waals surface area contributed by atoms with E-state index in [2.05, 4.69) is 10.6 Å². The Hall–Kier alpha value is -1.27. The Kier molecular flexibility index (Phi) is 6.53. The number of nitrogens with one attached hydrogen (secondary N) is 2. The number of anilines is 1. The summed E-state index contributed by atoms with van der Waals surface area (Å²) in [7, 11) is 0. The van der Waals surface area contributed by atoms with E-state index in [1.165, 1.54) is 24.3 Å². The van der Waals surface area contributed by atoms with E-state index < -0.39 is 0 Å². The van der Waals surface area contributed by atoms with Crippen LogP contribution in [0.2, 0.25) is 0 Å². The van der Waals surface area contributed by atoms with E-state index >= 15 is 0 Å².